The zero-order chi connectivity index (χ0) is 11.4. The molecule has 1 unspecified atom stereocenters. The Bertz CT molecular complexity index is 249. The highest BCUT2D eigenvalue weighted by molar-refractivity contribution is 5.85. The first-order valence-corrected chi connectivity index (χ1v) is 6.30. The minimum atomic E-state index is -0.190. The van der Waals surface area contributed by atoms with Gasteiger partial charge in [0.05, 0.1) is 0 Å². The van der Waals surface area contributed by atoms with E-state index in [2.05, 4.69) is 17.6 Å². The van der Waals surface area contributed by atoms with Crippen molar-refractivity contribution in [2.75, 3.05) is 26.2 Å². The van der Waals surface area contributed by atoms with Crippen molar-refractivity contribution in [2.24, 2.45) is 5.41 Å². The molecule has 4 nitrogen and oxygen atoms in total. The first kappa shape index (κ1) is 14.7. The summed E-state index contributed by atoms with van der Waals surface area (Å²) in [5.41, 5.74) is 0.263. The van der Waals surface area contributed by atoms with Gasteiger partial charge < -0.3 is 15.4 Å². The Balaban J connectivity index is 0.00000144. The average Bonchev–Trinajstić information content (AvgIpc) is 2.80. The Morgan fingerprint density at radius 2 is 2.18 bits per heavy atom. The molecule has 1 atom stereocenters. The molecule has 0 radical (unpaired) electrons. The van der Waals surface area contributed by atoms with Gasteiger partial charge in [0.15, 0.2) is 0 Å². The summed E-state index contributed by atoms with van der Waals surface area (Å²) in [7, 11) is 0. The number of amides is 1. The van der Waals surface area contributed by atoms with E-state index < -0.39 is 0 Å². The fourth-order valence-electron chi connectivity index (χ4n) is 2.41. The molecule has 2 N–H and O–H groups in total. The van der Waals surface area contributed by atoms with Crippen LogP contribution in [0.1, 0.15) is 32.6 Å². The molecule has 0 aromatic heterocycles. The van der Waals surface area contributed by atoms with Gasteiger partial charge in [-0.1, -0.05) is 6.92 Å². The minimum Gasteiger partial charge on any atom is -0.368 e. The zero-order valence-electron chi connectivity index (χ0n) is 10.5. The number of carbonyl (C=O) groups excluding carboxylic acids is 1. The van der Waals surface area contributed by atoms with Gasteiger partial charge in [-0.15, -0.1) is 12.4 Å². The van der Waals surface area contributed by atoms with Gasteiger partial charge in [0.25, 0.3) is 0 Å². The molecular formula is C12H23ClN2O2. The van der Waals surface area contributed by atoms with Crippen LogP contribution in [0.2, 0.25) is 0 Å². The highest BCUT2D eigenvalue weighted by Gasteiger charge is 2.29. The van der Waals surface area contributed by atoms with Crippen molar-refractivity contribution < 1.29 is 9.53 Å². The van der Waals surface area contributed by atoms with Gasteiger partial charge in [0.2, 0.25) is 5.91 Å². The molecular weight excluding hydrogens is 240 g/mol. The standard InChI is InChI=1S/C12H22N2O2.ClH/c1-12(4-6-13-7-5-12)9-14-11(15)10-3-2-8-16-10;/h10,13H,2-9H2,1H3,(H,14,15);1H. The molecule has 0 aromatic carbocycles. The van der Waals surface area contributed by atoms with Crippen molar-refractivity contribution in [3.63, 3.8) is 0 Å². The van der Waals surface area contributed by atoms with Crippen LogP contribution in [0, 0.1) is 5.41 Å². The second-order valence-electron chi connectivity index (χ2n) is 5.28. The Morgan fingerprint density at radius 1 is 1.47 bits per heavy atom. The van der Waals surface area contributed by atoms with E-state index in [0.29, 0.717) is 0 Å². The molecule has 17 heavy (non-hydrogen) atoms. The van der Waals surface area contributed by atoms with E-state index in [9.17, 15) is 4.79 Å². The maximum Gasteiger partial charge on any atom is 0.249 e. The molecule has 2 heterocycles. The largest absolute Gasteiger partial charge is 0.368 e. The van der Waals surface area contributed by atoms with E-state index >= 15 is 0 Å². The van der Waals surface area contributed by atoms with Gasteiger partial charge in [-0.3, -0.25) is 4.79 Å². The first-order valence-electron chi connectivity index (χ1n) is 6.30. The van der Waals surface area contributed by atoms with Crippen molar-refractivity contribution in [3.8, 4) is 0 Å². The quantitative estimate of drug-likeness (QED) is 0.801. The third-order valence-corrected chi connectivity index (χ3v) is 3.72. The lowest BCUT2D eigenvalue weighted by Gasteiger charge is -2.34. The number of ether oxygens (including phenoxy) is 1. The lowest BCUT2D eigenvalue weighted by Crippen LogP contribution is -2.45. The van der Waals surface area contributed by atoms with Crippen LogP contribution in [-0.2, 0) is 9.53 Å². The molecule has 2 saturated heterocycles. The van der Waals surface area contributed by atoms with E-state index in [1.165, 1.54) is 0 Å². The van der Waals surface area contributed by atoms with Crippen LogP contribution in [0.4, 0.5) is 0 Å². The summed E-state index contributed by atoms with van der Waals surface area (Å²) in [6.07, 6.45) is 3.98. The Labute approximate surface area is 109 Å². The minimum absolute atomic E-state index is 0. The monoisotopic (exact) mass is 262 g/mol. The van der Waals surface area contributed by atoms with Gasteiger partial charge >= 0.3 is 0 Å². The smallest absolute Gasteiger partial charge is 0.249 e. The molecule has 2 aliphatic heterocycles. The van der Waals surface area contributed by atoms with Gasteiger partial charge in [0.1, 0.15) is 6.10 Å². The maximum atomic E-state index is 11.8. The van der Waals surface area contributed by atoms with Crippen LogP contribution in [0.15, 0.2) is 0 Å². The third kappa shape index (κ3) is 4.12. The van der Waals surface area contributed by atoms with Crippen molar-refractivity contribution in [1.29, 1.82) is 0 Å². The van der Waals surface area contributed by atoms with Gasteiger partial charge in [-0.2, -0.15) is 0 Å². The summed E-state index contributed by atoms with van der Waals surface area (Å²) in [6.45, 7) is 5.90. The van der Waals surface area contributed by atoms with E-state index in [4.69, 9.17) is 4.74 Å². The molecule has 2 fully saturated rings. The second-order valence-corrected chi connectivity index (χ2v) is 5.28. The number of carbonyl (C=O) groups is 1. The number of piperidine rings is 1. The Kier molecular flexibility index (Phi) is 5.70. The summed E-state index contributed by atoms with van der Waals surface area (Å²) in [5.74, 6) is 0.0808. The molecule has 0 bridgehead atoms. The number of hydrogen-bond acceptors (Lipinski definition) is 3. The molecule has 0 aromatic rings. The van der Waals surface area contributed by atoms with Gasteiger partial charge in [-0.05, 0) is 44.2 Å². The van der Waals surface area contributed by atoms with Crippen molar-refractivity contribution >= 4 is 18.3 Å². The summed E-state index contributed by atoms with van der Waals surface area (Å²) >= 11 is 0. The van der Waals surface area contributed by atoms with Crippen LogP contribution in [0.3, 0.4) is 0 Å². The van der Waals surface area contributed by atoms with Crippen LogP contribution in [0.5, 0.6) is 0 Å². The van der Waals surface area contributed by atoms with Gasteiger partial charge in [-0.25, -0.2) is 0 Å². The summed E-state index contributed by atoms with van der Waals surface area (Å²) in [4.78, 5) is 11.8. The number of hydrogen-bond donors (Lipinski definition) is 2. The zero-order valence-corrected chi connectivity index (χ0v) is 11.3. The van der Waals surface area contributed by atoms with Crippen LogP contribution < -0.4 is 10.6 Å². The molecule has 100 valence electrons. The Morgan fingerprint density at radius 3 is 2.76 bits per heavy atom. The lowest BCUT2D eigenvalue weighted by molar-refractivity contribution is -0.130. The molecule has 0 spiro atoms. The SMILES string of the molecule is CC1(CNC(=O)C2CCCO2)CCNCC1.Cl. The Hall–Kier alpha value is -0.320. The summed E-state index contributed by atoms with van der Waals surface area (Å²) in [5, 5.41) is 6.39. The van der Waals surface area contributed by atoms with Crippen LogP contribution in [0.25, 0.3) is 0 Å². The van der Waals surface area contributed by atoms with E-state index in [1.807, 2.05) is 0 Å². The van der Waals surface area contributed by atoms with E-state index in [-0.39, 0.29) is 29.8 Å². The van der Waals surface area contributed by atoms with Crippen molar-refractivity contribution in [1.82, 2.24) is 10.6 Å². The van der Waals surface area contributed by atoms with Crippen molar-refractivity contribution in [3.05, 3.63) is 0 Å². The molecule has 5 heteroatoms. The first-order chi connectivity index (χ1) is 7.70. The number of rotatable bonds is 3. The number of nitrogens with one attached hydrogen (secondary N) is 2. The van der Waals surface area contributed by atoms with Crippen LogP contribution in [-0.4, -0.2) is 38.3 Å². The molecule has 0 saturated carbocycles. The summed E-state index contributed by atoms with van der Waals surface area (Å²) in [6, 6.07) is 0. The summed E-state index contributed by atoms with van der Waals surface area (Å²) < 4.78 is 5.36. The predicted octanol–water partition coefficient (Wildman–Crippen LogP) is 1.09. The predicted molar refractivity (Wildman–Crippen MR) is 69.4 cm³/mol. The van der Waals surface area contributed by atoms with Crippen LogP contribution >= 0.6 is 12.4 Å². The average molecular weight is 263 g/mol. The molecule has 0 aliphatic carbocycles. The molecule has 1 amide bonds. The van der Waals surface area contributed by atoms with Gasteiger partial charge in [0, 0.05) is 13.2 Å². The fraction of sp³-hybridized carbons (Fsp3) is 0.917. The lowest BCUT2D eigenvalue weighted by atomic mass is 9.81. The highest BCUT2D eigenvalue weighted by atomic mass is 35.5. The van der Waals surface area contributed by atoms with E-state index in [1.54, 1.807) is 0 Å². The number of halogens is 1. The van der Waals surface area contributed by atoms with Crippen molar-refractivity contribution in [2.45, 2.75) is 38.7 Å². The normalized spacial score (nSPS) is 27.2. The third-order valence-electron chi connectivity index (χ3n) is 3.72. The maximum absolute atomic E-state index is 11.8. The second kappa shape index (κ2) is 6.57. The topological polar surface area (TPSA) is 50.4 Å². The van der Waals surface area contributed by atoms with E-state index in [0.717, 1.165) is 51.9 Å². The fourth-order valence-corrected chi connectivity index (χ4v) is 2.41. The highest BCUT2D eigenvalue weighted by Crippen LogP contribution is 2.26. The molecule has 2 rings (SSSR count). The molecule has 2 aliphatic rings.